The molecule has 3 aromatic rings. The number of hydrogen-bond donors (Lipinski definition) is 2. The maximum atomic E-state index is 13.0. The molecular formula is C23H17BrN4O7. The molecule has 0 aliphatic heterocycles. The zero-order valence-corrected chi connectivity index (χ0v) is 19.6. The van der Waals surface area contributed by atoms with E-state index in [0.29, 0.717) is 10.2 Å². The molecule has 2 N–H and O–H groups in total. The number of nitro groups is 2. The Morgan fingerprint density at radius 1 is 0.943 bits per heavy atom. The summed E-state index contributed by atoms with van der Waals surface area (Å²) in [5.41, 5.74) is 0.128. The number of ether oxygens (including phenoxy) is 1. The molecule has 11 nitrogen and oxygen atoms in total. The molecule has 0 aliphatic carbocycles. The summed E-state index contributed by atoms with van der Waals surface area (Å²) in [5, 5.41) is 27.0. The highest BCUT2D eigenvalue weighted by Gasteiger charge is 2.18. The van der Waals surface area contributed by atoms with E-state index in [9.17, 15) is 29.8 Å². The minimum Gasteiger partial charge on any atom is -0.497 e. The number of amides is 2. The first kappa shape index (κ1) is 25.1. The van der Waals surface area contributed by atoms with Crippen molar-refractivity contribution in [1.29, 1.82) is 0 Å². The smallest absolute Gasteiger partial charge is 0.272 e. The lowest BCUT2D eigenvalue weighted by Gasteiger charge is -2.13. The molecule has 0 fully saturated rings. The van der Waals surface area contributed by atoms with Gasteiger partial charge in [0.25, 0.3) is 23.2 Å². The molecule has 0 spiro atoms. The number of nitro benzene ring substituents is 2. The van der Waals surface area contributed by atoms with Crippen LogP contribution >= 0.6 is 15.9 Å². The number of non-ortho nitro benzene ring substituents is 2. The Morgan fingerprint density at radius 2 is 1.63 bits per heavy atom. The molecule has 0 unspecified atom stereocenters. The zero-order valence-electron chi connectivity index (χ0n) is 18.1. The van der Waals surface area contributed by atoms with E-state index >= 15 is 0 Å². The topological polar surface area (TPSA) is 154 Å². The number of anilines is 1. The summed E-state index contributed by atoms with van der Waals surface area (Å²) < 4.78 is 5.59. The summed E-state index contributed by atoms with van der Waals surface area (Å²) in [6.07, 6.45) is 1.28. The van der Waals surface area contributed by atoms with Gasteiger partial charge in [0.15, 0.2) is 0 Å². The minimum absolute atomic E-state index is 0.161. The first-order valence-corrected chi connectivity index (χ1v) is 10.6. The fraction of sp³-hybridized carbons (Fsp3) is 0.0435. The fourth-order valence-electron chi connectivity index (χ4n) is 2.91. The standard InChI is InChI=1S/C23H17BrN4O7/c1-35-18-9-10-20(24)19(13-18)22(29)26-21(12-14-3-2-4-17(11-14)28(33)34)23(30)25-15-5-7-16(8-6-15)27(31)32/h2-13H,1H3,(H,25,30)(H,26,29). The number of halogens is 1. The molecule has 3 rings (SSSR count). The average molecular weight is 541 g/mol. The van der Waals surface area contributed by atoms with Gasteiger partial charge < -0.3 is 15.4 Å². The van der Waals surface area contributed by atoms with Crippen LogP contribution in [0.4, 0.5) is 17.1 Å². The van der Waals surface area contributed by atoms with Crippen LogP contribution in [0.3, 0.4) is 0 Å². The predicted molar refractivity (Wildman–Crippen MR) is 131 cm³/mol. The van der Waals surface area contributed by atoms with Crippen LogP contribution in [0, 0.1) is 20.2 Å². The van der Waals surface area contributed by atoms with Crippen molar-refractivity contribution < 1.29 is 24.2 Å². The van der Waals surface area contributed by atoms with E-state index in [0.717, 1.165) is 0 Å². The highest BCUT2D eigenvalue weighted by molar-refractivity contribution is 9.10. The molecule has 2 amide bonds. The average Bonchev–Trinajstić information content (AvgIpc) is 2.84. The summed E-state index contributed by atoms with van der Waals surface area (Å²) in [7, 11) is 1.44. The Bertz CT molecular complexity index is 1340. The SMILES string of the molecule is COc1ccc(Br)c(C(=O)NC(=Cc2cccc([N+](=O)[O-])c2)C(=O)Nc2ccc([N+](=O)[O-])cc2)c1. The molecule has 0 aliphatic rings. The maximum absolute atomic E-state index is 13.0. The molecule has 0 saturated heterocycles. The van der Waals surface area contributed by atoms with Gasteiger partial charge >= 0.3 is 0 Å². The lowest BCUT2D eigenvalue weighted by molar-refractivity contribution is -0.385. The number of carbonyl (C=O) groups excluding carboxylic acids is 2. The number of nitrogens with one attached hydrogen (secondary N) is 2. The molecule has 0 atom stereocenters. The second kappa shape index (κ2) is 11.0. The van der Waals surface area contributed by atoms with Gasteiger partial charge in [-0.05, 0) is 57.9 Å². The Kier molecular flexibility index (Phi) is 7.89. The van der Waals surface area contributed by atoms with Crippen molar-refractivity contribution >= 4 is 50.9 Å². The number of rotatable bonds is 8. The third-order valence-corrected chi connectivity index (χ3v) is 5.33. The second-order valence-electron chi connectivity index (χ2n) is 6.97. The van der Waals surface area contributed by atoms with Gasteiger partial charge in [0, 0.05) is 34.4 Å². The molecule has 0 radical (unpaired) electrons. The van der Waals surface area contributed by atoms with Crippen molar-refractivity contribution in [2.45, 2.75) is 0 Å². The lowest BCUT2D eigenvalue weighted by Crippen LogP contribution is -2.31. The van der Waals surface area contributed by atoms with Crippen LogP contribution < -0.4 is 15.4 Å². The number of carbonyl (C=O) groups is 2. The second-order valence-corrected chi connectivity index (χ2v) is 7.82. The molecule has 35 heavy (non-hydrogen) atoms. The normalized spacial score (nSPS) is 10.9. The molecule has 0 aromatic heterocycles. The number of hydrogen-bond acceptors (Lipinski definition) is 7. The van der Waals surface area contributed by atoms with E-state index in [1.54, 1.807) is 12.1 Å². The summed E-state index contributed by atoms with van der Waals surface area (Å²) in [6, 6.07) is 15.3. The summed E-state index contributed by atoms with van der Waals surface area (Å²) in [4.78, 5) is 46.8. The van der Waals surface area contributed by atoms with Crippen molar-refractivity contribution in [3.63, 3.8) is 0 Å². The van der Waals surface area contributed by atoms with Gasteiger partial charge in [-0.25, -0.2) is 0 Å². The Balaban J connectivity index is 1.95. The number of nitrogens with zero attached hydrogens (tertiary/aromatic N) is 2. The van der Waals surface area contributed by atoms with Gasteiger partial charge in [0.2, 0.25) is 0 Å². The molecule has 0 saturated carbocycles. The van der Waals surface area contributed by atoms with Crippen molar-refractivity contribution in [2.75, 3.05) is 12.4 Å². The van der Waals surface area contributed by atoms with Gasteiger partial charge in [0.1, 0.15) is 11.4 Å². The van der Waals surface area contributed by atoms with Gasteiger partial charge in [-0.15, -0.1) is 0 Å². The van der Waals surface area contributed by atoms with E-state index in [-0.39, 0.29) is 33.9 Å². The quantitative estimate of drug-likeness (QED) is 0.238. The molecular weight excluding hydrogens is 524 g/mol. The lowest BCUT2D eigenvalue weighted by atomic mass is 10.1. The Labute approximate surface area is 206 Å². The van der Waals surface area contributed by atoms with Crippen LogP contribution in [0.15, 0.2) is 76.9 Å². The van der Waals surface area contributed by atoms with Gasteiger partial charge in [-0.1, -0.05) is 12.1 Å². The summed E-state index contributed by atoms with van der Waals surface area (Å²) in [5.74, 6) is -0.984. The molecule has 12 heteroatoms. The fourth-order valence-corrected chi connectivity index (χ4v) is 3.34. The van der Waals surface area contributed by atoms with Crippen molar-refractivity contribution in [2.24, 2.45) is 0 Å². The van der Waals surface area contributed by atoms with Crippen molar-refractivity contribution in [1.82, 2.24) is 5.32 Å². The van der Waals surface area contributed by atoms with Crippen LogP contribution in [0.25, 0.3) is 6.08 Å². The first-order valence-electron chi connectivity index (χ1n) is 9.85. The van der Waals surface area contributed by atoms with Crippen LogP contribution in [0.5, 0.6) is 5.75 Å². The molecule has 0 heterocycles. The highest BCUT2D eigenvalue weighted by atomic mass is 79.9. The maximum Gasteiger partial charge on any atom is 0.272 e. The van der Waals surface area contributed by atoms with E-state index in [4.69, 9.17) is 4.74 Å². The Morgan fingerprint density at radius 3 is 2.26 bits per heavy atom. The number of methoxy groups -OCH3 is 1. The van der Waals surface area contributed by atoms with Gasteiger partial charge in [-0.2, -0.15) is 0 Å². The third-order valence-electron chi connectivity index (χ3n) is 4.64. The van der Waals surface area contributed by atoms with Crippen molar-refractivity contribution in [3.05, 3.63) is 108 Å². The largest absolute Gasteiger partial charge is 0.497 e. The predicted octanol–water partition coefficient (Wildman–Crippen LogP) is 4.68. The third kappa shape index (κ3) is 6.48. The Hall–Kier alpha value is -4.58. The van der Waals surface area contributed by atoms with E-state index in [1.165, 1.54) is 67.8 Å². The van der Waals surface area contributed by atoms with E-state index in [2.05, 4.69) is 26.6 Å². The van der Waals surface area contributed by atoms with Crippen LogP contribution in [-0.4, -0.2) is 28.8 Å². The van der Waals surface area contributed by atoms with Crippen LogP contribution in [0.1, 0.15) is 15.9 Å². The molecule has 0 bridgehead atoms. The molecule has 178 valence electrons. The van der Waals surface area contributed by atoms with Crippen LogP contribution in [-0.2, 0) is 4.79 Å². The van der Waals surface area contributed by atoms with Gasteiger partial charge in [-0.3, -0.25) is 29.8 Å². The van der Waals surface area contributed by atoms with E-state index in [1.807, 2.05) is 0 Å². The molecule has 3 aromatic carbocycles. The number of benzene rings is 3. The zero-order chi connectivity index (χ0) is 25.5. The minimum atomic E-state index is -0.752. The van der Waals surface area contributed by atoms with Gasteiger partial charge in [0.05, 0.1) is 22.5 Å². The summed E-state index contributed by atoms with van der Waals surface area (Å²) >= 11 is 3.29. The van der Waals surface area contributed by atoms with Crippen LogP contribution in [0.2, 0.25) is 0 Å². The monoisotopic (exact) mass is 540 g/mol. The highest BCUT2D eigenvalue weighted by Crippen LogP contribution is 2.23. The van der Waals surface area contributed by atoms with E-state index < -0.39 is 21.7 Å². The summed E-state index contributed by atoms with van der Waals surface area (Å²) in [6.45, 7) is 0. The van der Waals surface area contributed by atoms with Crippen molar-refractivity contribution in [3.8, 4) is 5.75 Å². The first-order chi connectivity index (χ1) is 16.7.